The van der Waals surface area contributed by atoms with Crippen molar-refractivity contribution in [3.8, 4) is 0 Å². The van der Waals surface area contributed by atoms with Crippen molar-refractivity contribution in [3.63, 3.8) is 0 Å². The minimum Gasteiger partial charge on any atom is -0.206 e. The van der Waals surface area contributed by atoms with E-state index in [-0.39, 0.29) is 9.79 Å². The molecule has 9 heteroatoms. The summed E-state index contributed by atoms with van der Waals surface area (Å²) in [6.07, 6.45) is 0. The zero-order valence-corrected chi connectivity index (χ0v) is 16.3. The third-order valence-corrected chi connectivity index (χ3v) is 8.71. The van der Waals surface area contributed by atoms with Crippen LogP contribution in [0.3, 0.4) is 0 Å². The van der Waals surface area contributed by atoms with E-state index in [4.69, 9.17) is 0 Å². The van der Waals surface area contributed by atoms with E-state index in [1.807, 2.05) is 45.2 Å². The summed E-state index contributed by atoms with van der Waals surface area (Å²) in [5.74, 6) is 0. The average molecular weight is 549 g/mol. The van der Waals surface area contributed by atoms with Gasteiger partial charge in [0.05, 0.1) is 9.79 Å². The lowest BCUT2D eigenvalue weighted by molar-refractivity contribution is 0.576. The summed E-state index contributed by atoms with van der Waals surface area (Å²) in [5, 5.41) is 0. The van der Waals surface area contributed by atoms with E-state index >= 15 is 0 Å². The smallest absolute Gasteiger partial charge is 0.206 e. The van der Waals surface area contributed by atoms with Gasteiger partial charge in [0, 0.05) is 7.14 Å². The van der Waals surface area contributed by atoms with Crippen molar-refractivity contribution in [1.29, 1.82) is 0 Å². The van der Waals surface area contributed by atoms with Crippen LogP contribution in [-0.2, 0) is 20.0 Å². The Labute approximate surface area is 150 Å². The zero-order valence-electron chi connectivity index (χ0n) is 10.3. The van der Waals surface area contributed by atoms with Crippen LogP contribution in [0.4, 0.5) is 0 Å². The standard InChI is InChI=1S/C12H9I2NO4S2/c13-9-5-1-3-7-11(9)20(16,17)15-21(18,19)12-8-4-2-6-10(12)14/h1-8,15H. The molecule has 0 heterocycles. The van der Waals surface area contributed by atoms with Gasteiger partial charge < -0.3 is 0 Å². The van der Waals surface area contributed by atoms with E-state index in [9.17, 15) is 16.8 Å². The van der Waals surface area contributed by atoms with Crippen molar-refractivity contribution in [2.45, 2.75) is 9.79 Å². The molecule has 0 aliphatic carbocycles. The van der Waals surface area contributed by atoms with Gasteiger partial charge in [0.25, 0.3) is 20.0 Å². The summed E-state index contributed by atoms with van der Waals surface area (Å²) in [6.45, 7) is 0. The lowest BCUT2D eigenvalue weighted by atomic mass is 10.4. The van der Waals surface area contributed by atoms with Gasteiger partial charge in [-0.25, -0.2) is 16.8 Å². The maximum atomic E-state index is 12.3. The molecule has 21 heavy (non-hydrogen) atoms. The Kier molecular flexibility index (Phi) is 5.28. The summed E-state index contributed by atoms with van der Waals surface area (Å²) in [5.41, 5.74) is 0. The Bertz CT molecular complexity index is 806. The summed E-state index contributed by atoms with van der Waals surface area (Å²) >= 11 is 3.69. The van der Waals surface area contributed by atoms with Gasteiger partial charge in [0.2, 0.25) is 0 Å². The number of hydrogen-bond acceptors (Lipinski definition) is 4. The van der Waals surface area contributed by atoms with Crippen LogP contribution in [0.15, 0.2) is 58.3 Å². The van der Waals surface area contributed by atoms with Crippen LogP contribution in [0.1, 0.15) is 0 Å². The second kappa shape index (κ2) is 6.48. The minimum atomic E-state index is -4.16. The van der Waals surface area contributed by atoms with Crippen molar-refractivity contribution < 1.29 is 16.8 Å². The molecule has 5 nitrogen and oxygen atoms in total. The van der Waals surface area contributed by atoms with Gasteiger partial charge in [0.15, 0.2) is 0 Å². The highest BCUT2D eigenvalue weighted by atomic mass is 127. The van der Waals surface area contributed by atoms with E-state index in [0.717, 1.165) is 0 Å². The molecular weight excluding hydrogens is 540 g/mol. The molecule has 0 bridgehead atoms. The fourth-order valence-electron chi connectivity index (χ4n) is 1.56. The second-order valence-electron chi connectivity index (χ2n) is 3.95. The average Bonchev–Trinajstić information content (AvgIpc) is 2.38. The molecule has 0 unspecified atom stereocenters. The Morgan fingerprint density at radius 2 is 1.00 bits per heavy atom. The Balaban J connectivity index is 2.46. The number of benzene rings is 2. The van der Waals surface area contributed by atoms with Gasteiger partial charge in [-0.3, -0.25) is 0 Å². The fourth-order valence-corrected chi connectivity index (χ4v) is 7.11. The Morgan fingerprint density at radius 1 is 0.667 bits per heavy atom. The van der Waals surface area contributed by atoms with Crippen molar-refractivity contribution in [2.24, 2.45) is 0 Å². The third-order valence-electron chi connectivity index (χ3n) is 2.47. The van der Waals surface area contributed by atoms with Crippen LogP contribution in [0.2, 0.25) is 0 Å². The molecule has 0 aromatic heterocycles. The Morgan fingerprint density at radius 3 is 1.33 bits per heavy atom. The van der Waals surface area contributed by atoms with Crippen molar-refractivity contribution in [3.05, 3.63) is 55.7 Å². The summed E-state index contributed by atoms with van der Waals surface area (Å²) in [6, 6.07) is 12.3. The van der Waals surface area contributed by atoms with Gasteiger partial charge >= 0.3 is 0 Å². The van der Waals surface area contributed by atoms with Gasteiger partial charge in [-0.15, -0.1) is 4.13 Å². The van der Waals surface area contributed by atoms with Crippen molar-refractivity contribution in [2.75, 3.05) is 0 Å². The quantitative estimate of drug-likeness (QED) is 0.596. The first-order valence-corrected chi connectivity index (χ1v) is 10.6. The number of halogens is 2. The van der Waals surface area contributed by atoms with Crippen LogP contribution >= 0.6 is 45.2 Å². The number of nitrogens with one attached hydrogen (secondary N) is 1. The summed E-state index contributed by atoms with van der Waals surface area (Å²) in [4.78, 5) is -0.139. The predicted octanol–water partition coefficient (Wildman–Crippen LogP) is 2.56. The third kappa shape index (κ3) is 3.94. The maximum absolute atomic E-state index is 12.3. The normalized spacial score (nSPS) is 12.3. The van der Waals surface area contributed by atoms with Gasteiger partial charge in [-0.05, 0) is 69.4 Å². The number of sulfonamides is 2. The molecule has 0 fully saturated rings. The summed E-state index contributed by atoms with van der Waals surface area (Å²) in [7, 11) is -8.32. The van der Waals surface area contributed by atoms with Crippen LogP contribution < -0.4 is 4.13 Å². The van der Waals surface area contributed by atoms with E-state index in [0.29, 0.717) is 7.14 Å². The fraction of sp³-hybridized carbons (Fsp3) is 0. The highest BCUT2D eigenvalue weighted by molar-refractivity contribution is 14.1. The molecule has 0 atom stereocenters. The molecule has 0 spiro atoms. The van der Waals surface area contributed by atoms with E-state index in [2.05, 4.69) is 0 Å². The topological polar surface area (TPSA) is 80.3 Å². The molecule has 0 amide bonds. The summed E-state index contributed by atoms with van der Waals surface area (Å²) < 4.78 is 51.7. The Hall–Kier alpha value is -0.240. The largest absolute Gasteiger partial charge is 0.254 e. The van der Waals surface area contributed by atoms with Crippen LogP contribution in [0.25, 0.3) is 0 Å². The minimum absolute atomic E-state index is 0.0693. The first kappa shape index (κ1) is 17.1. The first-order valence-electron chi connectivity index (χ1n) is 5.52. The molecular formula is C12H9I2NO4S2. The molecule has 0 aliphatic heterocycles. The number of hydrogen-bond donors (Lipinski definition) is 1. The predicted molar refractivity (Wildman–Crippen MR) is 95.8 cm³/mol. The first-order chi connectivity index (χ1) is 9.74. The van der Waals surface area contributed by atoms with E-state index < -0.39 is 20.0 Å². The van der Waals surface area contributed by atoms with Crippen LogP contribution in [-0.4, -0.2) is 16.8 Å². The molecule has 2 rings (SSSR count). The highest BCUT2D eigenvalue weighted by Crippen LogP contribution is 2.21. The maximum Gasteiger partial charge on any atom is 0.254 e. The molecule has 0 aliphatic rings. The number of rotatable bonds is 4. The zero-order chi connectivity index (χ0) is 15.7. The molecule has 0 radical (unpaired) electrons. The molecule has 2 aromatic carbocycles. The van der Waals surface area contributed by atoms with Gasteiger partial charge in [0.1, 0.15) is 0 Å². The molecule has 1 N–H and O–H groups in total. The highest BCUT2D eigenvalue weighted by Gasteiger charge is 2.27. The SMILES string of the molecule is O=S(=O)(NS(=O)(=O)c1ccccc1I)c1ccccc1I. The van der Waals surface area contributed by atoms with Crippen molar-refractivity contribution in [1.82, 2.24) is 4.13 Å². The van der Waals surface area contributed by atoms with Crippen LogP contribution in [0.5, 0.6) is 0 Å². The second-order valence-corrected chi connectivity index (χ2v) is 9.84. The van der Waals surface area contributed by atoms with Crippen LogP contribution in [0, 0.1) is 7.14 Å². The molecule has 2 aromatic rings. The monoisotopic (exact) mass is 549 g/mol. The van der Waals surface area contributed by atoms with E-state index in [1.165, 1.54) is 24.3 Å². The molecule has 0 saturated carbocycles. The molecule has 0 saturated heterocycles. The lowest BCUT2D eigenvalue weighted by Gasteiger charge is -2.10. The van der Waals surface area contributed by atoms with E-state index in [1.54, 1.807) is 28.4 Å². The lowest BCUT2D eigenvalue weighted by Crippen LogP contribution is -2.31. The van der Waals surface area contributed by atoms with Gasteiger partial charge in [-0.2, -0.15) is 0 Å². The molecule has 112 valence electrons. The van der Waals surface area contributed by atoms with Gasteiger partial charge in [-0.1, -0.05) is 24.3 Å². The van der Waals surface area contributed by atoms with Crippen molar-refractivity contribution >= 4 is 65.2 Å².